The standard InChI is InChI=1S/C10H17NO2S/c12-10(11-5-7-14-8-6-11)13-9-3-1-2-4-9/h9H,1-8H2. The van der Waals surface area contributed by atoms with Crippen molar-refractivity contribution in [3.8, 4) is 0 Å². The number of carbonyl (C=O) groups excluding carboxylic acids is 1. The van der Waals surface area contributed by atoms with Crippen molar-refractivity contribution in [3.05, 3.63) is 0 Å². The summed E-state index contributed by atoms with van der Waals surface area (Å²) in [7, 11) is 0. The van der Waals surface area contributed by atoms with E-state index in [0.717, 1.165) is 37.4 Å². The van der Waals surface area contributed by atoms with E-state index in [1.165, 1.54) is 12.8 Å². The summed E-state index contributed by atoms with van der Waals surface area (Å²) in [6.07, 6.45) is 4.68. The summed E-state index contributed by atoms with van der Waals surface area (Å²) >= 11 is 1.91. The number of rotatable bonds is 1. The number of nitrogens with zero attached hydrogens (tertiary/aromatic N) is 1. The van der Waals surface area contributed by atoms with Crippen molar-refractivity contribution in [2.45, 2.75) is 31.8 Å². The summed E-state index contributed by atoms with van der Waals surface area (Å²) in [6, 6.07) is 0. The van der Waals surface area contributed by atoms with Gasteiger partial charge < -0.3 is 9.64 Å². The van der Waals surface area contributed by atoms with Crippen molar-refractivity contribution < 1.29 is 9.53 Å². The average Bonchev–Trinajstić information content (AvgIpc) is 2.72. The number of ether oxygens (including phenoxy) is 1. The summed E-state index contributed by atoms with van der Waals surface area (Å²) in [5.74, 6) is 2.11. The lowest BCUT2D eigenvalue weighted by Gasteiger charge is -2.27. The third kappa shape index (κ3) is 2.56. The van der Waals surface area contributed by atoms with Crippen LogP contribution in [0.3, 0.4) is 0 Å². The Morgan fingerprint density at radius 3 is 2.50 bits per heavy atom. The van der Waals surface area contributed by atoms with E-state index < -0.39 is 0 Å². The number of hydrogen-bond donors (Lipinski definition) is 0. The van der Waals surface area contributed by atoms with Crippen molar-refractivity contribution in [1.82, 2.24) is 4.90 Å². The maximum atomic E-state index is 11.6. The van der Waals surface area contributed by atoms with E-state index in [2.05, 4.69) is 0 Å². The highest BCUT2D eigenvalue weighted by Crippen LogP contribution is 2.22. The van der Waals surface area contributed by atoms with Gasteiger partial charge in [-0.1, -0.05) is 0 Å². The summed E-state index contributed by atoms with van der Waals surface area (Å²) in [5, 5.41) is 0. The second kappa shape index (κ2) is 4.91. The molecule has 14 heavy (non-hydrogen) atoms. The SMILES string of the molecule is O=C(OC1CCCC1)N1CCSCC1. The summed E-state index contributed by atoms with van der Waals surface area (Å²) in [5.41, 5.74) is 0. The topological polar surface area (TPSA) is 29.5 Å². The molecule has 2 aliphatic rings. The molecule has 1 aliphatic carbocycles. The van der Waals surface area contributed by atoms with Crippen LogP contribution in [-0.2, 0) is 4.74 Å². The van der Waals surface area contributed by atoms with Gasteiger partial charge in [0.25, 0.3) is 0 Å². The molecule has 0 N–H and O–H groups in total. The summed E-state index contributed by atoms with van der Waals surface area (Å²) in [6.45, 7) is 1.71. The maximum Gasteiger partial charge on any atom is 0.410 e. The van der Waals surface area contributed by atoms with Crippen molar-refractivity contribution in [3.63, 3.8) is 0 Å². The molecule has 4 heteroatoms. The van der Waals surface area contributed by atoms with E-state index in [9.17, 15) is 4.79 Å². The molecule has 0 atom stereocenters. The lowest BCUT2D eigenvalue weighted by molar-refractivity contribution is 0.0681. The first kappa shape index (κ1) is 10.1. The first-order chi connectivity index (χ1) is 6.86. The lowest BCUT2D eigenvalue weighted by Crippen LogP contribution is -2.39. The zero-order valence-corrected chi connectivity index (χ0v) is 9.22. The molecular formula is C10H17NO2S. The largest absolute Gasteiger partial charge is 0.446 e. The minimum Gasteiger partial charge on any atom is -0.446 e. The average molecular weight is 215 g/mol. The Hall–Kier alpha value is -0.380. The zero-order chi connectivity index (χ0) is 9.80. The molecule has 0 aromatic rings. The molecule has 2 rings (SSSR count). The van der Waals surface area contributed by atoms with Crippen molar-refractivity contribution in [1.29, 1.82) is 0 Å². The third-order valence-corrected chi connectivity index (χ3v) is 3.78. The van der Waals surface area contributed by atoms with Gasteiger partial charge in [-0.3, -0.25) is 0 Å². The number of hydrogen-bond acceptors (Lipinski definition) is 3. The van der Waals surface area contributed by atoms with Crippen LogP contribution in [0.5, 0.6) is 0 Å². The molecule has 1 saturated heterocycles. The number of carbonyl (C=O) groups is 1. The second-order valence-corrected chi connectivity index (χ2v) is 5.11. The molecular weight excluding hydrogens is 198 g/mol. The Balaban J connectivity index is 1.75. The molecule has 80 valence electrons. The fraction of sp³-hybridized carbons (Fsp3) is 0.900. The van der Waals surface area contributed by atoms with E-state index in [4.69, 9.17) is 4.74 Å². The molecule has 1 amide bonds. The molecule has 0 aromatic carbocycles. The normalized spacial score (nSPS) is 23.9. The molecule has 1 aliphatic heterocycles. The van der Waals surface area contributed by atoms with Crippen LogP contribution in [0.15, 0.2) is 0 Å². The Bertz CT molecular complexity index is 198. The zero-order valence-electron chi connectivity index (χ0n) is 8.41. The fourth-order valence-electron chi connectivity index (χ4n) is 1.97. The Labute approximate surface area is 89.2 Å². The Kier molecular flexibility index (Phi) is 3.56. The molecule has 0 spiro atoms. The van der Waals surface area contributed by atoms with Gasteiger partial charge in [0, 0.05) is 24.6 Å². The molecule has 0 radical (unpaired) electrons. The van der Waals surface area contributed by atoms with Crippen LogP contribution in [0.1, 0.15) is 25.7 Å². The van der Waals surface area contributed by atoms with Crippen LogP contribution in [0.25, 0.3) is 0 Å². The molecule has 3 nitrogen and oxygen atoms in total. The predicted octanol–water partition coefficient (Wildman–Crippen LogP) is 2.11. The van der Waals surface area contributed by atoms with Gasteiger partial charge in [-0.15, -0.1) is 0 Å². The Morgan fingerprint density at radius 1 is 1.21 bits per heavy atom. The van der Waals surface area contributed by atoms with Gasteiger partial charge in [0.2, 0.25) is 0 Å². The van der Waals surface area contributed by atoms with Gasteiger partial charge in [-0.25, -0.2) is 4.79 Å². The highest BCUT2D eigenvalue weighted by molar-refractivity contribution is 7.99. The third-order valence-electron chi connectivity index (χ3n) is 2.84. The lowest BCUT2D eigenvalue weighted by atomic mass is 10.3. The van der Waals surface area contributed by atoms with Crippen molar-refractivity contribution >= 4 is 17.9 Å². The van der Waals surface area contributed by atoms with E-state index in [1.54, 1.807) is 0 Å². The van der Waals surface area contributed by atoms with E-state index >= 15 is 0 Å². The van der Waals surface area contributed by atoms with Crippen molar-refractivity contribution in [2.75, 3.05) is 24.6 Å². The van der Waals surface area contributed by atoms with Crippen molar-refractivity contribution in [2.24, 2.45) is 0 Å². The van der Waals surface area contributed by atoms with Crippen LogP contribution < -0.4 is 0 Å². The number of thioether (sulfide) groups is 1. The molecule has 0 unspecified atom stereocenters. The van der Waals surface area contributed by atoms with Crippen LogP contribution >= 0.6 is 11.8 Å². The van der Waals surface area contributed by atoms with Crippen LogP contribution in [-0.4, -0.2) is 41.7 Å². The van der Waals surface area contributed by atoms with Gasteiger partial charge >= 0.3 is 6.09 Å². The molecule has 2 fully saturated rings. The molecule has 1 heterocycles. The van der Waals surface area contributed by atoms with Crippen LogP contribution in [0.2, 0.25) is 0 Å². The summed E-state index contributed by atoms with van der Waals surface area (Å²) < 4.78 is 5.43. The van der Waals surface area contributed by atoms with Gasteiger partial charge in [0.15, 0.2) is 0 Å². The predicted molar refractivity (Wildman–Crippen MR) is 57.6 cm³/mol. The van der Waals surface area contributed by atoms with E-state index in [1.807, 2.05) is 16.7 Å². The molecule has 0 bridgehead atoms. The van der Waals surface area contributed by atoms with Gasteiger partial charge in [-0.05, 0) is 25.7 Å². The van der Waals surface area contributed by atoms with E-state index in [0.29, 0.717) is 0 Å². The van der Waals surface area contributed by atoms with Crippen LogP contribution in [0.4, 0.5) is 4.79 Å². The second-order valence-electron chi connectivity index (χ2n) is 3.89. The monoisotopic (exact) mass is 215 g/mol. The Morgan fingerprint density at radius 2 is 1.86 bits per heavy atom. The van der Waals surface area contributed by atoms with Gasteiger partial charge in [0.05, 0.1) is 0 Å². The van der Waals surface area contributed by atoms with Crippen LogP contribution in [0, 0.1) is 0 Å². The first-order valence-corrected chi connectivity index (χ1v) is 6.55. The highest BCUT2D eigenvalue weighted by Gasteiger charge is 2.23. The fourth-order valence-corrected chi connectivity index (χ4v) is 2.87. The maximum absolute atomic E-state index is 11.6. The quantitative estimate of drug-likeness (QED) is 0.671. The minimum atomic E-state index is -0.0859. The van der Waals surface area contributed by atoms with E-state index in [-0.39, 0.29) is 12.2 Å². The smallest absolute Gasteiger partial charge is 0.410 e. The highest BCUT2D eigenvalue weighted by atomic mass is 32.2. The van der Waals surface area contributed by atoms with Gasteiger partial charge in [-0.2, -0.15) is 11.8 Å². The summed E-state index contributed by atoms with van der Waals surface area (Å²) in [4.78, 5) is 13.5. The first-order valence-electron chi connectivity index (χ1n) is 5.39. The molecule has 1 saturated carbocycles. The minimum absolute atomic E-state index is 0.0859. The molecule has 0 aromatic heterocycles. The number of amides is 1. The van der Waals surface area contributed by atoms with Gasteiger partial charge in [0.1, 0.15) is 6.10 Å².